The number of piperazine rings is 1. The molecule has 1 saturated heterocycles. The molecule has 1 aromatic rings. The van der Waals surface area contributed by atoms with Crippen molar-refractivity contribution >= 4 is 11.6 Å². The topological polar surface area (TPSA) is 35.6 Å². The summed E-state index contributed by atoms with van der Waals surface area (Å²) in [5, 5.41) is 3.08. The van der Waals surface area contributed by atoms with Crippen LogP contribution in [0.1, 0.15) is 38.8 Å². The molecule has 1 heterocycles. The molecule has 4 heteroatoms. The van der Waals surface area contributed by atoms with Gasteiger partial charge in [0, 0.05) is 38.4 Å². The van der Waals surface area contributed by atoms with Crippen LogP contribution < -0.4 is 10.2 Å². The van der Waals surface area contributed by atoms with Crippen LogP contribution in [0.4, 0.5) is 5.69 Å². The Labute approximate surface area is 147 Å². The maximum atomic E-state index is 12.6. The largest absolute Gasteiger partial charge is 0.369 e. The molecule has 0 aliphatic carbocycles. The van der Waals surface area contributed by atoms with Gasteiger partial charge in [-0.25, -0.2) is 0 Å². The highest BCUT2D eigenvalue weighted by Gasteiger charge is 2.36. The average molecular weight is 332 g/mol. The van der Waals surface area contributed by atoms with Gasteiger partial charge in [0.1, 0.15) is 0 Å². The molecule has 1 aliphatic heterocycles. The van der Waals surface area contributed by atoms with Gasteiger partial charge in [-0.2, -0.15) is 0 Å². The first-order chi connectivity index (χ1) is 11.2. The van der Waals surface area contributed by atoms with Gasteiger partial charge in [-0.05, 0) is 50.8 Å². The number of rotatable bonds is 5. The highest BCUT2D eigenvalue weighted by molar-refractivity contribution is 5.85. The van der Waals surface area contributed by atoms with E-state index in [0.717, 1.165) is 32.7 Å². The van der Waals surface area contributed by atoms with Crippen LogP contribution >= 0.6 is 0 Å². The van der Waals surface area contributed by atoms with E-state index in [1.807, 2.05) is 13.8 Å². The van der Waals surface area contributed by atoms with Gasteiger partial charge < -0.3 is 10.2 Å². The van der Waals surface area contributed by atoms with Crippen molar-refractivity contribution in [1.82, 2.24) is 10.2 Å². The van der Waals surface area contributed by atoms with E-state index in [-0.39, 0.29) is 5.91 Å². The van der Waals surface area contributed by atoms with Gasteiger partial charge in [-0.1, -0.05) is 26.0 Å². The molecule has 24 heavy (non-hydrogen) atoms. The third-order valence-corrected chi connectivity index (χ3v) is 5.00. The summed E-state index contributed by atoms with van der Waals surface area (Å²) in [7, 11) is 0. The smallest absolute Gasteiger partial charge is 0.239 e. The van der Waals surface area contributed by atoms with Gasteiger partial charge >= 0.3 is 0 Å². The molecule has 0 unspecified atom stereocenters. The SMILES string of the molecule is Cc1ccc(C)c(N2CCN(C(C)(C)C(=O)NCC(C)C)CC2)c1. The monoisotopic (exact) mass is 331 g/mol. The zero-order valence-electron chi connectivity index (χ0n) is 16.1. The molecule has 1 amide bonds. The Balaban J connectivity index is 1.98. The Morgan fingerprint density at radius 3 is 2.38 bits per heavy atom. The van der Waals surface area contributed by atoms with Crippen LogP contribution in [0.5, 0.6) is 0 Å². The van der Waals surface area contributed by atoms with Gasteiger partial charge in [0.05, 0.1) is 5.54 Å². The molecule has 1 fully saturated rings. The molecule has 0 radical (unpaired) electrons. The minimum Gasteiger partial charge on any atom is -0.369 e. The number of hydrogen-bond acceptors (Lipinski definition) is 3. The summed E-state index contributed by atoms with van der Waals surface area (Å²) in [5.41, 5.74) is 3.49. The second-order valence-corrected chi connectivity index (χ2v) is 7.93. The molecular formula is C20H33N3O. The maximum Gasteiger partial charge on any atom is 0.239 e. The van der Waals surface area contributed by atoms with Crippen LogP contribution in [-0.2, 0) is 4.79 Å². The van der Waals surface area contributed by atoms with Crippen LogP contribution in [-0.4, -0.2) is 49.1 Å². The van der Waals surface area contributed by atoms with Crippen LogP contribution in [0.25, 0.3) is 0 Å². The van der Waals surface area contributed by atoms with Gasteiger partial charge in [-0.3, -0.25) is 9.69 Å². The number of hydrogen-bond donors (Lipinski definition) is 1. The number of carbonyl (C=O) groups excluding carboxylic acids is 1. The summed E-state index contributed by atoms with van der Waals surface area (Å²) in [4.78, 5) is 17.3. The molecular weight excluding hydrogens is 298 g/mol. The first kappa shape index (κ1) is 18.8. The van der Waals surface area contributed by atoms with E-state index in [0.29, 0.717) is 5.92 Å². The molecule has 0 saturated carbocycles. The molecule has 1 aliphatic rings. The number of nitrogens with zero attached hydrogens (tertiary/aromatic N) is 2. The van der Waals surface area contributed by atoms with Gasteiger partial charge in [-0.15, -0.1) is 0 Å². The number of amides is 1. The van der Waals surface area contributed by atoms with E-state index >= 15 is 0 Å². The molecule has 1 N–H and O–H groups in total. The number of carbonyl (C=O) groups is 1. The van der Waals surface area contributed by atoms with Crippen molar-refractivity contribution in [2.24, 2.45) is 5.92 Å². The standard InChI is InChI=1S/C20H33N3O/c1-15(2)14-21-19(24)20(5,6)23-11-9-22(10-12-23)18-13-16(3)7-8-17(18)4/h7-8,13,15H,9-12,14H2,1-6H3,(H,21,24). The first-order valence-corrected chi connectivity index (χ1v) is 9.07. The van der Waals surface area contributed by atoms with Crippen molar-refractivity contribution < 1.29 is 4.79 Å². The predicted octanol–water partition coefficient (Wildman–Crippen LogP) is 2.98. The fraction of sp³-hybridized carbons (Fsp3) is 0.650. The molecule has 4 nitrogen and oxygen atoms in total. The van der Waals surface area contributed by atoms with E-state index < -0.39 is 5.54 Å². The summed E-state index contributed by atoms with van der Waals surface area (Å²) >= 11 is 0. The Morgan fingerprint density at radius 1 is 1.17 bits per heavy atom. The lowest BCUT2D eigenvalue weighted by molar-refractivity contribution is -0.132. The number of anilines is 1. The molecule has 134 valence electrons. The van der Waals surface area contributed by atoms with Crippen molar-refractivity contribution in [2.75, 3.05) is 37.6 Å². The van der Waals surface area contributed by atoms with Crippen molar-refractivity contribution in [3.8, 4) is 0 Å². The summed E-state index contributed by atoms with van der Waals surface area (Å²) in [6.45, 7) is 17.1. The predicted molar refractivity (Wildman–Crippen MR) is 102 cm³/mol. The second-order valence-electron chi connectivity index (χ2n) is 7.93. The summed E-state index contributed by atoms with van der Waals surface area (Å²) in [6.07, 6.45) is 0. The number of aryl methyl sites for hydroxylation is 2. The van der Waals surface area contributed by atoms with Crippen molar-refractivity contribution in [2.45, 2.75) is 47.1 Å². The van der Waals surface area contributed by atoms with Gasteiger partial charge in [0.15, 0.2) is 0 Å². The Bertz CT molecular complexity index is 572. The van der Waals surface area contributed by atoms with Crippen molar-refractivity contribution in [3.05, 3.63) is 29.3 Å². The van der Waals surface area contributed by atoms with E-state index in [2.05, 4.69) is 61.0 Å². The normalized spacial score (nSPS) is 16.5. The lowest BCUT2D eigenvalue weighted by Gasteiger charge is -2.44. The van der Waals surface area contributed by atoms with Crippen LogP contribution in [0, 0.1) is 19.8 Å². The van der Waals surface area contributed by atoms with E-state index in [1.54, 1.807) is 0 Å². The van der Waals surface area contributed by atoms with Crippen LogP contribution in [0.15, 0.2) is 18.2 Å². The highest BCUT2D eigenvalue weighted by atomic mass is 16.2. The van der Waals surface area contributed by atoms with Crippen molar-refractivity contribution in [1.29, 1.82) is 0 Å². The van der Waals surface area contributed by atoms with E-state index in [9.17, 15) is 4.79 Å². The van der Waals surface area contributed by atoms with Crippen LogP contribution in [0.2, 0.25) is 0 Å². The lowest BCUT2D eigenvalue weighted by atomic mass is 9.99. The first-order valence-electron chi connectivity index (χ1n) is 9.07. The Kier molecular flexibility index (Phi) is 5.92. The zero-order valence-corrected chi connectivity index (χ0v) is 16.1. The Morgan fingerprint density at radius 2 is 1.79 bits per heavy atom. The van der Waals surface area contributed by atoms with Gasteiger partial charge in [0.25, 0.3) is 0 Å². The highest BCUT2D eigenvalue weighted by Crippen LogP contribution is 2.25. The third kappa shape index (κ3) is 4.29. The summed E-state index contributed by atoms with van der Waals surface area (Å²) < 4.78 is 0. The molecule has 0 aromatic heterocycles. The third-order valence-electron chi connectivity index (χ3n) is 5.00. The fourth-order valence-corrected chi connectivity index (χ4v) is 3.22. The molecule has 1 aromatic carbocycles. The van der Waals surface area contributed by atoms with Crippen LogP contribution in [0.3, 0.4) is 0 Å². The average Bonchev–Trinajstić information content (AvgIpc) is 2.54. The zero-order chi connectivity index (χ0) is 17.9. The second kappa shape index (κ2) is 7.56. The molecule has 0 bridgehead atoms. The maximum absolute atomic E-state index is 12.6. The minimum absolute atomic E-state index is 0.136. The summed E-state index contributed by atoms with van der Waals surface area (Å²) in [5.74, 6) is 0.613. The van der Waals surface area contributed by atoms with Crippen molar-refractivity contribution in [3.63, 3.8) is 0 Å². The van der Waals surface area contributed by atoms with E-state index in [1.165, 1.54) is 16.8 Å². The number of nitrogens with one attached hydrogen (secondary N) is 1. The fourth-order valence-electron chi connectivity index (χ4n) is 3.22. The lowest BCUT2D eigenvalue weighted by Crippen LogP contribution is -2.61. The van der Waals surface area contributed by atoms with Gasteiger partial charge in [0.2, 0.25) is 5.91 Å². The summed E-state index contributed by atoms with van der Waals surface area (Å²) in [6, 6.07) is 6.63. The molecule has 2 rings (SSSR count). The molecule has 0 atom stereocenters. The minimum atomic E-state index is -0.456. The quantitative estimate of drug-likeness (QED) is 0.901. The Hall–Kier alpha value is -1.55. The van der Waals surface area contributed by atoms with E-state index in [4.69, 9.17) is 0 Å². The number of benzene rings is 1. The molecule has 0 spiro atoms.